The van der Waals surface area contributed by atoms with Crippen LogP contribution in [0.3, 0.4) is 0 Å². The van der Waals surface area contributed by atoms with Gasteiger partial charge in [-0.15, -0.1) is 0 Å². The van der Waals surface area contributed by atoms with Gasteiger partial charge < -0.3 is 9.47 Å². The molecular weight excluding hydrogens is 152 g/mol. The Labute approximate surface area is 63.3 Å². The number of fused-ring (bicyclic) bond motifs is 1. The second kappa shape index (κ2) is 2.06. The summed E-state index contributed by atoms with van der Waals surface area (Å²) in [7, 11) is 0. The monoisotopic (exact) mass is 155 g/mol. The number of halogens is 1. The average molecular weight is 156 g/mol. The molecule has 0 unspecified atom stereocenters. The first-order valence-corrected chi connectivity index (χ1v) is 3.21. The van der Waals surface area contributed by atoms with Crippen molar-refractivity contribution >= 4 is 11.6 Å². The van der Waals surface area contributed by atoms with E-state index in [9.17, 15) is 0 Å². The van der Waals surface area contributed by atoms with E-state index in [1.54, 1.807) is 12.1 Å². The van der Waals surface area contributed by atoms with Crippen molar-refractivity contribution in [2.45, 2.75) is 0 Å². The molecule has 0 bridgehead atoms. The third-order valence-electron chi connectivity index (χ3n) is 1.25. The molecule has 1 radical (unpaired) electrons. The molecule has 2 rings (SSSR count). The third kappa shape index (κ3) is 0.809. The number of ether oxygens (including phenoxy) is 2. The minimum absolute atomic E-state index is 0.270. The lowest BCUT2D eigenvalue weighted by Gasteiger charge is -1.92. The van der Waals surface area contributed by atoms with Gasteiger partial charge in [0.1, 0.15) is 0 Å². The van der Waals surface area contributed by atoms with E-state index in [2.05, 4.69) is 6.07 Å². The first-order chi connectivity index (χ1) is 4.86. The zero-order valence-corrected chi connectivity index (χ0v) is 5.81. The lowest BCUT2D eigenvalue weighted by Crippen LogP contribution is -1.92. The zero-order valence-electron chi connectivity index (χ0n) is 5.06. The van der Waals surface area contributed by atoms with Gasteiger partial charge in [-0.3, -0.25) is 0 Å². The molecule has 0 amide bonds. The van der Waals surface area contributed by atoms with Gasteiger partial charge in [0.2, 0.25) is 6.79 Å². The predicted octanol–water partition coefficient (Wildman–Crippen LogP) is 1.87. The highest BCUT2D eigenvalue weighted by molar-refractivity contribution is 6.30. The summed E-state index contributed by atoms with van der Waals surface area (Å²) in [5.74, 6) is 1.32. The first kappa shape index (κ1) is 5.86. The summed E-state index contributed by atoms with van der Waals surface area (Å²) in [6, 6.07) is 6.19. The largest absolute Gasteiger partial charge is 0.454 e. The number of hydrogen-bond donors (Lipinski definition) is 0. The van der Waals surface area contributed by atoms with Gasteiger partial charge in [-0.1, -0.05) is 11.6 Å². The van der Waals surface area contributed by atoms with Crippen LogP contribution in [0.2, 0.25) is 5.02 Å². The first-order valence-electron chi connectivity index (χ1n) is 2.83. The van der Waals surface area contributed by atoms with Crippen LogP contribution >= 0.6 is 11.6 Å². The molecule has 3 heteroatoms. The Balaban J connectivity index is 2.52. The zero-order chi connectivity index (χ0) is 6.97. The maximum Gasteiger partial charge on any atom is 0.231 e. The van der Waals surface area contributed by atoms with Crippen molar-refractivity contribution in [3.05, 3.63) is 23.2 Å². The maximum atomic E-state index is 5.66. The van der Waals surface area contributed by atoms with Crippen LogP contribution in [0, 0.1) is 6.07 Å². The quantitative estimate of drug-likeness (QED) is 0.570. The van der Waals surface area contributed by atoms with Crippen molar-refractivity contribution in [1.82, 2.24) is 0 Å². The van der Waals surface area contributed by atoms with Crippen LogP contribution in [0.25, 0.3) is 0 Å². The Kier molecular flexibility index (Phi) is 1.21. The van der Waals surface area contributed by atoms with E-state index >= 15 is 0 Å². The lowest BCUT2D eigenvalue weighted by molar-refractivity contribution is 0.173. The molecule has 0 spiro atoms. The summed E-state index contributed by atoms with van der Waals surface area (Å²) < 4.78 is 10.1. The molecule has 1 heterocycles. The molecule has 0 aliphatic carbocycles. The van der Waals surface area contributed by atoms with Crippen LogP contribution in [0.5, 0.6) is 11.5 Å². The Morgan fingerprint density at radius 1 is 1.50 bits per heavy atom. The van der Waals surface area contributed by atoms with Gasteiger partial charge in [-0.25, -0.2) is 0 Å². The summed E-state index contributed by atoms with van der Waals surface area (Å²) in [4.78, 5) is 0. The summed E-state index contributed by atoms with van der Waals surface area (Å²) in [5.41, 5.74) is 0. The molecule has 0 saturated heterocycles. The lowest BCUT2D eigenvalue weighted by atomic mass is 10.3. The van der Waals surface area contributed by atoms with E-state index < -0.39 is 0 Å². The Morgan fingerprint density at radius 3 is 3.30 bits per heavy atom. The molecule has 0 N–H and O–H groups in total. The number of rotatable bonds is 0. The van der Waals surface area contributed by atoms with Gasteiger partial charge in [0.05, 0.1) is 0 Å². The highest BCUT2D eigenvalue weighted by Gasteiger charge is 2.12. The van der Waals surface area contributed by atoms with Crippen molar-refractivity contribution in [1.29, 1.82) is 0 Å². The normalized spacial score (nSPS) is 13.7. The van der Waals surface area contributed by atoms with Gasteiger partial charge in [0.15, 0.2) is 11.5 Å². The van der Waals surface area contributed by atoms with Crippen LogP contribution in [0.4, 0.5) is 0 Å². The van der Waals surface area contributed by atoms with Crippen molar-refractivity contribution in [2.24, 2.45) is 0 Å². The second-order valence-electron chi connectivity index (χ2n) is 1.92. The van der Waals surface area contributed by atoms with E-state index in [4.69, 9.17) is 21.1 Å². The third-order valence-corrected chi connectivity index (χ3v) is 1.47. The Hall–Kier alpha value is -0.890. The van der Waals surface area contributed by atoms with E-state index in [0.29, 0.717) is 16.5 Å². The highest BCUT2D eigenvalue weighted by atomic mass is 35.5. The molecular formula is C7H4ClO2. The summed E-state index contributed by atoms with van der Waals surface area (Å²) >= 11 is 5.66. The molecule has 51 valence electrons. The standard InChI is InChI=1S/C7H4ClO2/c8-5-1-2-6-7(3-5)10-4-9-6/h1,3H,4H2. The number of hydrogen-bond acceptors (Lipinski definition) is 2. The molecule has 10 heavy (non-hydrogen) atoms. The molecule has 2 nitrogen and oxygen atoms in total. The minimum Gasteiger partial charge on any atom is -0.454 e. The predicted molar refractivity (Wildman–Crippen MR) is 36.4 cm³/mol. The van der Waals surface area contributed by atoms with Crippen molar-refractivity contribution in [2.75, 3.05) is 6.79 Å². The molecule has 1 aliphatic rings. The smallest absolute Gasteiger partial charge is 0.231 e. The van der Waals surface area contributed by atoms with Crippen molar-refractivity contribution in [3.8, 4) is 11.5 Å². The molecule has 0 saturated carbocycles. The Morgan fingerprint density at radius 2 is 2.40 bits per heavy atom. The number of benzene rings is 1. The topological polar surface area (TPSA) is 18.5 Å². The van der Waals surface area contributed by atoms with Crippen molar-refractivity contribution in [3.63, 3.8) is 0 Å². The average Bonchev–Trinajstić information content (AvgIpc) is 2.33. The molecule has 0 fully saturated rings. The summed E-state index contributed by atoms with van der Waals surface area (Å²) in [6.45, 7) is 0.270. The van der Waals surface area contributed by atoms with Gasteiger partial charge >= 0.3 is 0 Å². The van der Waals surface area contributed by atoms with E-state index in [-0.39, 0.29) is 6.79 Å². The van der Waals surface area contributed by atoms with Crippen LogP contribution < -0.4 is 9.47 Å². The fourth-order valence-corrected chi connectivity index (χ4v) is 0.964. The van der Waals surface area contributed by atoms with Crippen molar-refractivity contribution < 1.29 is 9.47 Å². The molecule has 1 aromatic carbocycles. The Bertz CT molecular complexity index is 260. The van der Waals surface area contributed by atoms with Gasteiger partial charge in [0.25, 0.3) is 0 Å². The molecule has 1 aromatic rings. The maximum absolute atomic E-state index is 5.66. The van der Waals surface area contributed by atoms with Crippen LogP contribution in [0.15, 0.2) is 12.1 Å². The highest BCUT2D eigenvalue weighted by Crippen LogP contribution is 2.33. The summed E-state index contributed by atoms with van der Waals surface area (Å²) in [6.07, 6.45) is 0. The van der Waals surface area contributed by atoms with Crippen LogP contribution in [0.1, 0.15) is 0 Å². The second-order valence-corrected chi connectivity index (χ2v) is 2.35. The molecule has 1 aliphatic heterocycles. The van der Waals surface area contributed by atoms with Crippen LogP contribution in [-0.4, -0.2) is 6.79 Å². The fourth-order valence-electron chi connectivity index (χ4n) is 0.810. The molecule has 0 atom stereocenters. The fraction of sp³-hybridized carbons (Fsp3) is 0.143. The SMILES string of the molecule is Clc1c[c]c2c(c1)OCO2. The van der Waals surface area contributed by atoms with Gasteiger partial charge in [-0.05, 0) is 6.07 Å². The minimum atomic E-state index is 0.270. The van der Waals surface area contributed by atoms with E-state index in [1.165, 1.54) is 0 Å². The van der Waals surface area contributed by atoms with Crippen LogP contribution in [-0.2, 0) is 0 Å². The van der Waals surface area contributed by atoms with E-state index in [0.717, 1.165) is 0 Å². The van der Waals surface area contributed by atoms with Gasteiger partial charge in [-0.2, -0.15) is 0 Å². The molecule has 0 aromatic heterocycles. The van der Waals surface area contributed by atoms with Gasteiger partial charge in [0, 0.05) is 17.2 Å². The summed E-state index contributed by atoms with van der Waals surface area (Å²) in [5, 5.41) is 0.615. The van der Waals surface area contributed by atoms with E-state index in [1.807, 2.05) is 0 Å².